The average Bonchev–Trinajstić information content (AvgIpc) is 3.32. The number of piperidine rings is 1. The van der Waals surface area contributed by atoms with Gasteiger partial charge in [0, 0.05) is 52.4 Å². The van der Waals surface area contributed by atoms with Gasteiger partial charge in [-0.05, 0) is 30.5 Å². The Labute approximate surface area is 205 Å². The zero-order valence-corrected chi connectivity index (χ0v) is 19.5. The van der Waals surface area contributed by atoms with E-state index >= 15 is 0 Å². The van der Waals surface area contributed by atoms with Crippen molar-refractivity contribution in [3.63, 3.8) is 0 Å². The second-order valence-electron chi connectivity index (χ2n) is 8.52. The van der Waals surface area contributed by atoms with Gasteiger partial charge in [0.25, 0.3) is 0 Å². The molecule has 0 atom stereocenters. The Morgan fingerprint density at radius 3 is 2.28 bits per heavy atom. The molecule has 0 bridgehead atoms. The van der Waals surface area contributed by atoms with Crippen molar-refractivity contribution in [3.05, 3.63) is 47.5 Å². The van der Waals surface area contributed by atoms with Gasteiger partial charge in [-0.3, -0.25) is 4.90 Å². The number of nitrogens with zero attached hydrogens (tertiary/aromatic N) is 5. The molecule has 36 heavy (non-hydrogen) atoms. The highest BCUT2D eigenvalue weighted by Gasteiger charge is 2.38. The second kappa shape index (κ2) is 12.6. The van der Waals surface area contributed by atoms with E-state index in [0.29, 0.717) is 19.6 Å². The number of urea groups is 1. The maximum absolute atomic E-state index is 13.0. The van der Waals surface area contributed by atoms with E-state index in [9.17, 15) is 22.4 Å². The van der Waals surface area contributed by atoms with E-state index in [1.165, 1.54) is 12.1 Å². The van der Waals surface area contributed by atoms with Crippen molar-refractivity contribution in [1.29, 1.82) is 0 Å². The topological polar surface area (TPSA) is 116 Å². The molecule has 2 aromatic rings. The second-order valence-corrected chi connectivity index (χ2v) is 8.52. The van der Waals surface area contributed by atoms with Gasteiger partial charge in [-0.1, -0.05) is 17.3 Å². The fourth-order valence-electron chi connectivity index (χ4n) is 3.89. The van der Waals surface area contributed by atoms with Gasteiger partial charge < -0.3 is 20.6 Å². The van der Waals surface area contributed by atoms with Crippen LogP contribution in [0.4, 0.5) is 22.4 Å². The van der Waals surface area contributed by atoms with Gasteiger partial charge >= 0.3 is 18.2 Å². The summed E-state index contributed by atoms with van der Waals surface area (Å²) in [5, 5.41) is 22.1. The van der Waals surface area contributed by atoms with Gasteiger partial charge in [-0.25, -0.2) is 18.7 Å². The van der Waals surface area contributed by atoms with E-state index in [4.69, 9.17) is 9.90 Å². The molecule has 198 valence electrons. The molecule has 0 radical (unpaired) electrons. The van der Waals surface area contributed by atoms with Crippen molar-refractivity contribution in [2.45, 2.75) is 38.1 Å². The molecule has 2 amide bonds. The number of nitrogens with one attached hydrogen (secondary N) is 2. The van der Waals surface area contributed by atoms with Crippen molar-refractivity contribution in [1.82, 2.24) is 35.4 Å². The number of carbonyl (C=O) groups excluding carboxylic acids is 1. The summed E-state index contributed by atoms with van der Waals surface area (Å²) < 4.78 is 46.7. The molecule has 2 fully saturated rings. The summed E-state index contributed by atoms with van der Waals surface area (Å²) in [6.07, 6.45) is -1.31. The number of carbonyl (C=O) groups is 2. The van der Waals surface area contributed by atoms with Crippen LogP contribution >= 0.6 is 0 Å². The predicted octanol–water partition coefficient (Wildman–Crippen LogP) is 2.00. The van der Waals surface area contributed by atoms with Crippen molar-refractivity contribution in [3.8, 4) is 0 Å². The Balaban J connectivity index is 0.000000454. The molecular weight excluding hydrogens is 486 g/mol. The maximum atomic E-state index is 13.0. The molecule has 0 aliphatic carbocycles. The minimum atomic E-state index is -5.08. The number of hydrogen-bond acceptors (Lipinski definition) is 6. The van der Waals surface area contributed by atoms with E-state index in [2.05, 4.69) is 32.0 Å². The molecule has 1 aromatic carbocycles. The molecule has 0 saturated carbocycles. The number of rotatable bonds is 5. The third kappa shape index (κ3) is 8.45. The van der Waals surface area contributed by atoms with E-state index < -0.39 is 12.1 Å². The third-order valence-electron chi connectivity index (χ3n) is 5.88. The zero-order chi connectivity index (χ0) is 26.1. The fourth-order valence-corrected chi connectivity index (χ4v) is 3.89. The van der Waals surface area contributed by atoms with Crippen LogP contribution in [0.1, 0.15) is 30.1 Å². The zero-order valence-electron chi connectivity index (χ0n) is 19.5. The number of benzene rings is 1. The number of hydrogen-bond donors (Lipinski definition) is 3. The number of alkyl halides is 3. The first-order chi connectivity index (χ1) is 17.1. The maximum Gasteiger partial charge on any atom is 0.490 e. The average molecular weight is 516 g/mol. The molecule has 0 unspecified atom stereocenters. The van der Waals surface area contributed by atoms with Crippen LogP contribution in [0.2, 0.25) is 0 Å². The van der Waals surface area contributed by atoms with E-state index in [1.54, 1.807) is 12.1 Å². The quantitative estimate of drug-likeness (QED) is 0.522. The van der Waals surface area contributed by atoms with Crippen LogP contribution in [-0.2, 0) is 17.9 Å². The summed E-state index contributed by atoms with van der Waals surface area (Å²) in [6.45, 7) is 6.74. The van der Waals surface area contributed by atoms with Crippen LogP contribution in [0, 0.1) is 5.82 Å². The van der Waals surface area contributed by atoms with Gasteiger partial charge in [0.05, 0.1) is 17.9 Å². The molecular formula is C22H29F4N7O3. The third-order valence-corrected chi connectivity index (χ3v) is 5.88. The summed E-state index contributed by atoms with van der Waals surface area (Å²) in [4.78, 5) is 25.5. The van der Waals surface area contributed by atoms with Gasteiger partial charge in [0.15, 0.2) is 0 Å². The number of carboxylic acid groups (broad SMARTS) is 1. The minimum absolute atomic E-state index is 0.0780. The Hall–Kier alpha value is -3.26. The Morgan fingerprint density at radius 2 is 1.69 bits per heavy atom. The SMILES string of the molecule is O=C(NCc1ccc(F)cc1)N1CCC(n2cc(CN3CCNCC3)nn2)CC1.O=C(O)C(F)(F)F. The van der Waals surface area contributed by atoms with Gasteiger partial charge in [0.1, 0.15) is 5.82 Å². The lowest BCUT2D eigenvalue weighted by Gasteiger charge is -2.31. The van der Waals surface area contributed by atoms with Crippen LogP contribution in [0.3, 0.4) is 0 Å². The lowest BCUT2D eigenvalue weighted by molar-refractivity contribution is -0.192. The molecule has 2 saturated heterocycles. The first kappa shape index (κ1) is 27.3. The summed E-state index contributed by atoms with van der Waals surface area (Å²) >= 11 is 0. The molecule has 3 heterocycles. The molecule has 4 rings (SSSR count). The van der Waals surface area contributed by atoms with Crippen LogP contribution < -0.4 is 10.6 Å². The van der Waals surface area contributed by atoms with Crippen molar-refractivity contribution in [2.24, 2.45) is 0 Å². The predicted molar refractivity (Wildman–Crippen MR) is 120 cm³/mol. The molecule has 3 N–H and O–H groups in total. The molecule has 2 aliphatic rings. The van der Waals surface area contributed by atoms with Crippen LogP contribution in [-0.4, -0.2) is 87.3 Å². The van der Waals surface area contributed by atoms with Gasteiger partial charge in [-0.15, -0.1) is 5.10 Å². The Kier molecular flexibility index (Phi) is 9.58. The number of likely N-dealkylation sites (tertiary alicyclic amines) is 1. The molecule has 10 nitrogen and oxygen atoms in total. The Morgan fingerprint density at radius 1 is 1.08 bits per heavy atom. The lowest BCUT2D eigenvalue weighted by atomic mass is 10.1. The molecule has 1 aromatic heterocycles. The van der Waals surface area contributed by atoms with Crippen LogP contribution in [0.25, 0.3) is 0 Å². The summed E-state index contributed by atoms with van der Waals surface area (Å²) in [5.41, 5.74) is 1.89. The van der Waals surface area contributed by atoms with Crippen LogP contribution in [0.15, 0.2) is 30.5 Å². The van der Waals surface area contributed by atoms with Crippen LogP contribution in [0.5, 0.6) is 0 Å². The molecule has 14 heteroatoms. The number of halogens is 4. The van der Waals surface area contributed by atoms with Gasteiger partial charge in [0.2, 0.25) is 0 Å². The highest BCUT2D eigenvalue weighted by molar-refractivity contribution is 5.74. The largest absolute Gasteiger partial charge is 0.490 e. The van der Waals surface area contributed by atoms with Crippen molar-refractivity contribution in [2.75, 3.05) is 39.3 Å². The fraction of sp³-hybridized carbons (Fsp3) is 0.545. The number of aromatic nitrogens is 3. The lowest BCUT2D eigenvalue weighted by Crippen LogP contribution is -2.44. The number of amides is 2. The number of aliphatic carboxylic acids is 1. The van der Waals surface area contributed by atoms with E-state index in [-0.39, 0.29) is 17.9 Å². The standard InChI is InChI=1S/C20H28FN7O.C2HF3O2/c21-17-3-1-16(2-4-17)13-23-20(29)27-9-5-19(6-10-27)28-15-18(24-25-28)14-26-11-7-22-8-12-26;3-2(4,5)1(6)7/h1-4,15,19,22H,5-14H2,(H,23,29);(H,6,7). The van der Waals surface area contributed by atoms with E-state index in [1.807, 2.05) is 9.58 Å². The minimum Gasteiger partial charge on any atom is -0.475 e. The molecule has 0 spiro atoms. The Bertz CT molecular complexity index is 986. The molecule has 2 aliphatic heterocycles. The highest BCUT2D eigenvalue weighted by atomic mass is 19.4. The first-order valence-electron chi connectivity index (χ1n) is 11.5. The highest BCUT2D eigenvalue weighted by Crippen LogP contribution is 2.22. The normalized spacial score (nSPS) is 17.3. The van der Waals surface area contributed by atoms with Gasteiger partial charge in [-0.2, -0.15) is 13.2 Å². The summed E-state index contributed by atoms with van der Waals surface area (Å²) in [5.74, 6) is -3.03. The smallest absolute Gasteiger partial charge is 0.475 e. The number of carboxylic acids is 1. The summed E-state index contributed by atoms with van der Waals surface area (Å²) in [7, 11) is 0. The van der Waals surface area contributed by atoms with Crippen molar-refractivity contribution < 1.29 is 32.3 Å². The van der Waals surface area contributed by atoms with E-state index in [0.717, 1.165) is 56.8 Å². The first-order valence-corrected chi connectivity index (χ1v) is 11.5. The number of piperazine rings is 1. The monoisotopic (exact) mass is 515 g/mol. The van der Waals surface area contributed by atoms with Crippen molar-refractivity contribution >= 4 is 12.0 Å². The summed E-state index contributed by atoms with van der Waals surface area (Å²) in [6, 6.07) is 6.38.